The van der Waals surface area contributed by atoms with Gasteiger partial charge in [-0.2, -0.15) is 0 Å². The van der Waals surface area contributed by atoms with Crippen LogP contribution in [0.3, 0.4) is 0 Å². The summed E-state index contributed by atoms with van der Waals surface area (Å²) in [7, 11) is 3.36. The van der Waals surface area contributed by atoms with E-state index in [0.29, 0.717) is 24.3 Å². The lowest BCUT2D eigenvalue weighted by Gasteiger charge is -2.25. The maximum atomic E-state index is 14.3. The van der Waals surface area contributed by atoms with Gasteiger partial charge < -0.3 is 10.2 Å². The van der Waals surface area contributed by atoms with Gasteiger partial charge in [0.15, 0.2) is 0 Å². The van der Waals surface area contributed by atoms with E-state index >= 15 is 0 Å². The van der Waals surface area contributed by atoms with Crippen molar-refractivity contribution in [3.8, 4) is 0 Å². The van der Waals surface area contributed by atoms with Crippen molar-refractivity contribution in [2.45, 2.75) is 19.9 Å². The number of amides is 2. The van der Waals surface area contributed by atoms with Crippen LogP contribution in [0.4, 0.5) is 10.1 Å². The summed E-state index contributed by atoms with van der Waals surface area (Å²) in [5.41, 5.74) is 1.18. The first-order valence-corrected chi connectivity index (χ1v) is 9.48. The van der Waals surface area contributed by atoms with Crippen LogP contribution in [-0.4, -0.2) is 48.8 Å². The molecule has 0 aliphatic carbocycles. The minimum absolute atomic E-state index is 0.0628. The topological polar surface area (TPSA) is 52.7 Å². The maximum Gasteiger partial charge on any atom is 0.253 e. The fraction of sp³-hybridized carbons (Fsp3) is 0.333. The van der Waals surface area contributed by atoms with Crippen LogP contribution in [0, 0.1) is 5.82 Å². The quantitative estimate of drug-likeness (QED) is 0.751. The van der Waals surface area contributed by atoms with E-state index in [4.69, 9.17) is 11.6 Å². The van der Waals surface area contributed by atoms with Gasteiger partial charge in [-0.1, -0.05) is 17.7 Å². The lowest BCUT2D eigenvalue weighted by Crippen LogP contribution is -2.33. The zero-order valence-corrected chi connectivity index (χ0v) is 17.3. The number of hydrogen-bond donors (Lipinski definition) is 1. The van der Waals surface area contributed by atoms with Gasteiger partial charge in [-0.05, 0) is 64.3 Å². The number of likely N-dealkylation sites (N-methyl/N-ethyl adjacent to an activating group) is 1. The van der Waals surface area contributed by atoms with Gasteiger partial charge in [-0.25, -0.2) is 4.39 Å². The van der Waals surface area contributed by atoms with Crippen molar-refractivity contribution in [1.82, 2.24) is 9.80 Å². The van der Waals surface area contributed by atoms with E-state index in [0.717, 1.165) is 0 Å². The zero-order valence-electron chi connectivity index (χ0n) is 16.5. The Morgan fingerprint density at radius 1 is 1.07 bits per heavy atom. The van der Waals surface area contributed by atoms with Crippen LogP contribution < -0.4 is 5.32 Å². The molecule has 0 fully saturated rings. The summed E-state index contributed by atoms with van der Waals surface area (Å²) < 4.78 is 14.3. The average Bonchev–Trinajstić information content (AvgIpc) is 2.65. The summed E-state index contributed by atoms with van der Waals surface area (Å²) >= 11 is 6.14. The van der Waals surface area contributed by atoms with Crippen LogP contribution in [0.1, 0.15) is 35.8 Å². The van der Waals surface area contributed by atoms with Crippen LogP contribution >= 0.6 is 11.6 Å². The van der Waals surface area contributed by atoms with E-state index in [1.807, 2.05) is 13.8 Å². The summed E-state index contributed by atoms with van der Waals surface area (Å²) in [6, 6.07) is 10.1. The average molecular weight is 406 g/mol. The highest BCUT2D eigenvalue weighted by Gasteiger charge is 2.28. The monoisotopic (exact) mass is 405 g/mol. The molecule has 0 spiro atoms. The number of carbonyl (C=O) groups excluding carboxylic acids is 2. The Bertz CT molecular complexity index is 816. The second-order valence-electron chi connectivity index (χ2n) is 6.55. The first-order chi connectivity index (χ1) is 13.3. The molecule has 2 rings (SSSR count). The number of rotatable bonds is 7. The van der Waals surface area contributed by atoms with Crippen molar-refractivity contribution in [3.63, 3.8) is 0 Å². The molecular weight excluding hydrogens is 381 g/mol. The van der Waals surface area contributed by atoms with Crippen LogP contribution in [0.25, 0.3) is 0 Å². The predicted molar refractivity (Wildman–Crippen MR) is 110 cm³/mol. The highest BCUT2D eigenvalue weighted by Crippen LogP contribution is 2.30. The number of nitrogens with one attached hydrogen (secondary N) is 1. The molecule has 1 N–H and O–H groups in total. The Labute approximate surface area is 170 Å². The highest BCUT2D eigenvalue weighted by atomic mass is 35.5. The largest absolute Gasteiger partial charge is 0.339 e. The van der Waals surface area contributed by atoms with Crippen molar-refractivity contribution < 1.29 is 14.0 Å². The molecule has 28 heavy (non-hydrogen) atoms. The first kappa shape index (κ1) is 21.9. The van der Waals surface area contributed by atoms with Crippen LogP contribution in [-0.2, 0) is 4.79 Å². The molecule has 0 radical (unpaired) electrons. The summed E-state index contributed by atoms with van der Waals surface area (Å²) in [5.74, 6) is -1.02. The van der Waals surface area contributed by atoms with Gasteiger partial charge in [0.05, 0.1) is 0 Å². The number of anilines is 1. The smallest absolute Gasteiger partial charge is 0.253 e. The molecule has 7 heteroatoms. The molecule has 1 atom stereocenters. The van der Waals surface area contributed by atoms with Gasteiger partial charge in [0.25, 0.3) is 5.91 Å². The Kier molecular flexibility index (Phi) is 7.54. The fourth-order valence-electron chi connectivity index (χ4n) is 3.00. The van der Waals surface area contributed by atoms with Crippen molar-refractivity contribution >= 4 is 29.1 Å². The highest BCUT2D eigenvalue weighted by molar-refractivity contribution is 6.31. The zero-order chi connectivity index (χ0) is 20.8. The van der Waals surface area contributed by atoms with Crippen molar-refractivity contribution in [2.75, 3.05) is 32.5 Å². The lowest BCUT2D eigenvalue weighted by molar-refractivity contribution is -0.120. The second-order valence-corrected chi connectivity index (χ2v) is 6.95. The van der Waals surface area contributed by atoms with Gasteiger partial charge in [-0.3, -0.25) is 14.5 Å². The van der Waals surface area contributed by atoms with E-state index in [2.05, 4.69) is 5.32 Å². The van der Waals surface area contributed by atoms with Crippen molar-refractivity contribution in [1.29, 1.82) is 0 Å². The SMILES string of the molecule is CCN(CC)C(=O)c1ccc(NC(=O)[C@@H](c2c(F)cccc2Cl)N(C)C)cc1. The summed E-state index contributed by atoms with van der Waals surface area (Å²) in [5, 5.41) is 2.96. The number of halogens is 2. The Balaban J connectivity index is 2.22. The molecule has 0 aromatic heterocycles. The number of hydrogen-bond acceptors (Lipinski definition) is 3. The van der Waals surface area contributed by atoms with Gasteiger partial charge in [-0.15, -0.1) is 0 Å². The van der Waals surface area contributed by atoms with E-state index < -0.39 is 17.8 Å². The molecule has 0 aliphatic rings. The normalized spacial score (nSPS) is 12.0. The molecule has 0 unspecified atom stereocenters. The van der Waals surface area contributed by atoms with Crippen LogP contribution in [0.5, 0.6) is 0 Å². The third-order valence-corrected chi connectivity index (χ3v) is 4.82. The van der Waals surface area contributed by atoms with Gasteiger partial charge in [0.2, 0.25) is 5.91 Å². The lowest BCUT2D eigenvalue weighted by atomic mass is 10.0. The summed E-state index contributed by atoms with van der Waals surface area (Å²) in [6.07, 6.45) is 0. The Hall–Kier alpha value is -2.44. The van der Waals surface area contributed by atoms with Crippen molar-refractivity contribution in [2.24, 2.45) is 0 Å². The molecule has 2 aromatic carbocycles. The van der Waals surface area contributed by atoms with E-state index in [9.17, 15) is 14.0 Å². The van der Waals surface area contributed by atoms with Crippen LogP contribution in [0.15, 0.2) is 42.5 Å². The second kappa shape index (κ2) is 9.66. The minimum Gasteiger partial charge on any atom is -0.339 e. The first-order valence-electron chi connectivity index (χ1n) is 9.10. The third kappa shape index (κ3) is 4.88. The number of carbonyl (C=O) groups is 2. The molecule has 150 valence electrons. The van der Waals surface area contributed by atoms with Crippen molar-refractivity contribution in [3.05, 3.63) is 64.4 Å². The third-order valence-electron chi connectivity index (χ3n) is 4.49. The van der Waals surface area contributed by atoms with Crippen LogP contribution in [0.2, 0.25) is 5.02 Å². The predicted octanol–water partition coefficient (Wildman–Crippen LogP) is 4.20. The van der Waals surface area contributed by atoms with Gasteiger partial charge >= 0.3 is 0 Å². The van der Waals surface area contributed by atoms with E-state index in [1.165, 1.54) is 12.1 Å². The fourth-order valence-corrected chi connectivity index (χ4v) is 3.26. The standard InChI is InChI=1S/C21H25ClFN3O2/c1-5-26(6-2)21(28)14-10-12-15(13-11-14)24-20(27)19(25(3)4)18-16(22)8-7-9-17(18)23/h7-13,19H,5-6H2,1-4H3,(H,24,27)/t19-/m1/s1. The molecule has 0 saturated carbocycles. The molecule has 5 nitrogen and oxygen atoms in total. The maximum absolute atomic E-state index is 14.3. The molecule has 2 amide bonds. The van der Waals surface area contributed by atoms with E-state index in [1.54, 1.807) is 54.2 Å². The minimum atomic E-state index is -0.898. The van der Waals surface area contributed by atoms with Gasteiger partial charge in [0.1, 0.15) is 11.9 Å². The molecule has 0 heterocycles. The molecule has 0 aliphatic heterocycles. The Morgan fingerprint density at radius 2 is 1.68 bits per heavy atom. The Morgan fingerprint density at radius 3 is 2.18 bits per heavy atom. The molecular formula is C21H25ClFN3O2. The molecule has 0 bridgehead atoms. The number of benzene rings is 2. The number of nitrogens with zero attached hydrogens (tertiary/aromatic N) is 2. The molecule has 0 saturated heterocycles. The summed E-state index contributed by atoms with van der Waals surface area (Å²) in [4.78, 5) is 28.5. The van der Waals surface area contributed by atoms with Gasteiger partial charge in [0, 0.05) is 34.9 Å². The molecule has 2 aromatic rings. The van der Waals surface area contributed by atoms with E-state index in [-0.39, 0.29) is 16.5 Å². The summed E-state index contributed by atoms with van der Waals surface area (Å²) in [6.45, 7) is 5.10.